The van der Waals surface area contributed by atoms with Gasteiger partial charge in [-0.05, 0) is 54.6 Å². The van der Waals surface area contributed by atoms with Crippen LogP contribution < -0.4 is 9.54 Å². The summed E-state index contributed by atoms with van der Waals surface area (Å²) in [5, 5.41) is 1.80. The second kappa shape index (κ2) is 9.31. The smallest absolute Gasteiger partial charge is 0.366 e. The zero-order valence-electron chi connectivity index (χ0n) is 20.0. The van der Waals surface area contributed by atoms with Gasteiger partial charge in [-0.2, -0.15) is 16.8 Å². The SMILES string of the molecule is O=S(=O)(O)c1ccc(N=c2cc3n(S(=O)(=O)Oc4ccccc4)c4ccccc4nc-3c3ccccc23)cc1. The van der Waals surface area contributed by atoms with E-state index in [2.05, 4.69) is 4.99 Å². The lowest BCUT2D eigenvalue weighted by Gasteiger charge is -2.20. The molecule has 1 N–H and O–H groups in total. The van der Waals surface area contributed by atoms with Crippen LogP contribution in [0.15, 0.2) is 119 Å². The van der Waals surface area contributed by atoms with Gasteiger partial charge in [0.15, 0.2) is 0 Å². The number of benzene rings is 5. The van der Waals surface area contributed by atoms with Crippen molar-refractivity contribution in [2.24, 2.45) is 4.99 Å². The zero-order valence-corrected chi connectivity index (χ0v) is 21.7. The van der Waals surface area contributed by atoms with Gasteiger partial charge in [0.2, 0.25) is 0 Å². The molecule has 1 heterocycles. The number of para-hydroxylation sites is 3. The molecule has 0 radical (unpaired) electrons. The molecule has 0 spiro atoms. The molecule has 2 aliphatic rings. The molecule has 0 atom stereocenters. The molecule has 0 fully saturated rings. The van der Waals surface area contributed by atoms with E-state index in [1.807, 2.05) is 24.3 Å². The number of nitrogens with zero attached hydrogens (tertiary/aromatic N) is 3. The lowest BCUT2D eigenvalue weighted by molar-refractivity contribution is 0.477. The van der Waals surface area contributed by atoms with E-state index >= 15 is 0 Å². The van der Waals surface area contributed by atoms with Crippen LogP contribution >= 0.6 is 0 Å². The first kappa shape index (κ1) is 24.7. The Kier molecular flexibility index (Phi) is 5.91. The van der Waals surface area contributed by atoms with Crippen LogP contribution in [0.25, 0.3) is 33.2 Å². The largest absolute Gasteiger partial charge is 0.414 e. The summed E-state index contributed by atoms with van der Waals surface area (Å²) < 4.78 is 66.3. The third-order valence-corrected chi connectivity index (χ3v) is 8.19. The topological polar surface area (TPSA) is 128 Å². The average Bonchev–Trinajstić information content (AvgIpc) is 2.92. The van der Waals surface area contributed by atoms with Crippen LogP contribution in [0.5, 0.6) is 5.75 Å². The highest BCUT2D eigenvalue weighted by Gasteiger charge is 2.26. The van der Waals surface area contributed by atoms with Gasteiger partial charge in [0.05, 0.1) is 38.4 Å². The van der Waals surface area contributed by atoms with Crippen LogP contribution in [0.1, 0.15) is 0 Å². The number of hydrogen-bond donors (Lipinski definition) is 1. The van der Waals surface area contributed by atoms with Crippen LogP contribution in [0.4, 0.5) is 5.69 Å². The number of hydrogen-bond acceptors (Lipinski definition) is 7. The van der Waals surface area contributed by atoms with E-state index in [4.69, 9.17) is 9.17 Å². The number of fused-ring (bicyclic) bond motifs is 4. The van der Waals surface area contributed by atoms with Crippen molar-refractivity contribution in [2.45, 2.75) is 4.90 Å². The third kappa shape index (κ3) is 4.63. The van der Waals surface area contributed by atoms with Crippen molar-refractivity contribution in [1.82, 2.24) is 8.96 Å². The molecule has 6 rings (SSSR count). The van der Waals surface area contributed by atoms with Gasteiger partial charge in [-0.3, -0.25) is 4.55 Å². The number of aromatic nitrogens is 2. The Labute approximate surface area is 223 Å². The fraction of sp³-hybridized carbons (Fsp3) is 0. The molecule has 1 aliphatic heterocycles. The van der Waals surface area contributed by atoms with Crippen LogP contribution in [0.2, 0.25) is 0 Å². The van der Waals surface area contributed by atoms with Gasteiger partial charge in [-0.1, -0.05) is 54.6 Å². The normalized spacial score (nSPS) is 12.8. The fourth-order valence-corrected chi connectivity index (χ4v) is 6.06. The molecule has 0 aromatic heterocycles. The Hall–Kier alpha value is -4.58. The van der Waals surface area contributed by atoms with E-state index in [1.165, 1.54) is 24.3 Å². The molecule has 194 valence electrons. The Morgan fingerprint density at radius 1 is 0.744 bits per heavy atom. The van der Waals surface area contributed by atoms with Crippen molar-refractivity contribution in [3.8, 4) is 17.1 Å². The predicted octanol–water partition coefficient (Wildman–Crippen LogP) is 4.95. The summed E-state index contributed by atoms with van der Waals surface area (Å²) in [5.74, 6) is 0.156. The van der Waals surface area contributed by atoms with Crippen LogP contribution in [0, 0.1) is 0 Å². The van der Waals surface area contributed by atoms with Gasteiger partial charge in [0.1, 0.15) is 5.75 Å². The monoisotopic (exact) mass is 557 g/mol. The molecule has 0 amide bonds. The Morgan fingerprint density at radius 3 is 2.10 bits per heavy atom. The molecule has 0 bridgehead atoms. The summed E-state index contributed by atoms with van der Waals surface area (Å²) in [4.78, 5) is 9.21. The van der Waals surface area contributed by atoms with Crippen LogP contribution in [-0.2, 0) is 20.4 Å². The molecular weight excluding hydrogens is 538 g/mol. The molecule has 9 nitrogen and oxygen atoms in total. The van der Waals surface area contributed by atoms with Crippen molar-refractivity contribution >= 4 is 47.9 Å². The molecule has 4 aromatic rings. The van der Waals surface area contributed by atoms with Crippen molar-refractivity contribution < 1.29 is 25.6 Å². The van der Waals surface area contributed by atoms with E-state index in [9.17, 15) is 21.4 Å². The van der Waals surface area contributed by atoms with Crippen LogP contribution in [0.3, 0.4) is 0 Å². The molecule has 0 saturated carbocycles. The summed E-state index contributed by atoms with van der Waals surface area (Å²) in [7, 11) is -8.76. The van der Waals surface area contributed by atoms with Crippen molar-refractivity contribution in [3.63, 3.8) is 0 Å². The standard InChI is InChI=1S/C28H19N3O6S2/c32-38(33,34)21-16-14-19(15-17-21)29-25-18-27-28(23-11-5-4-10-22(23)25)30-24-12-6-7-13-26(24)31(27)39(35,36)37-20-8-2-1-3-9-20/h1-18H,(H,32,33,34). The lowest BCUT2D eigenvalue weighted by Crippen LogP contribution is -2.24. The van der Waals surface area contributed by atoms with E-state index in [0.717, 1.165) is 3.97 Å². The second-order valence-electron chi connectivity index (χ2n) is 8.61. The lowest BCUT2D eigenvalue weighted by atomic mass is 10.0. The van der Waals surface area contributed by atoms with E-state index < -0.39 is 20.4 Å². The Balaban J connectivity index is 1.68. The highest BCUT2D eigenvalue weighted by Crippen LogP contribution is 2.32. The molecule has 39 heavy (non-hydrogen) atoms. The second-order valence-corrected chi connectivity index (χ2v) is 11.4. The molecule has 0 unspecified atom stereocenters. The predicted molar refractivity (Wildman–Crippen MR) is 147 cm³/mol. The van der Waals surface area contributed by atoms with Crippen molar-refractivity contribution in [3.05, 3.63) is 115 Å². The van der Waals surface area contributed by atoms with Crippen LogP contribution in [-0.4, -0.2) is 30.3 Å². The highest BCUT2D eigenvalue weighted by molar-refractivity contribution is 7.86. The van der Waals surface area contributed by atoms with Gasteiger partial charge >= 0.3 is 10.3 Å². The maximum absolute atomic E-state index is 13.8. The van der Waals surface area contributed by atoms with E-state index in [0.29, 0.717) is 38.5 Å². The summed E-state index contributed by atoms with van der Waals surface area (Å²) >= 11 is 0. The first-order valence-electron chi connectivity index (χ1n) is 11.7. The summed E-state index contributed by atoms with van der Waals surface area (Å²) in [5.41, 5.74) is 1.86. The molecule has 11 heteroatoms. The minimum absolute atomic E-state index is 0.156. The highest BCUT2D eigenvalue weighted by atomic mass is 32.2. The summed E-state index contributed by atoms with van der Waals surface area (Å²) in [6.45, 7) is 0. The van der Waals surface area contributed by atoms with Gasteiger partial charge in [0.25, 0.3) is 10.1 Å². The van der Waals surface area contributed by atoms with Gasteiger partial charge < -0.3 is 4.18 Å². The summed E-state index contributed by atoms with van der Waals surface area (Å²) in [6, 6.07) is 29.4. The molecule has 1 aliphatic carbocycles. The van der Waals surface area contributed by atoms with Crippen molar-refractivity contribution in [1.29, 1.82) is 0 Å². The molecular formula is C28H19N3O6S2. The maximum Gasteiger partial charge on any atom is 0.414 e. The van der Waals surface area contributed by atoms with Crippen molar-refractivity contribution in [2.75, 3.05) is 0 Å². The third-order valence-electron chi connectivity index (χ3n) is 6.08. The zero-order chi connectivity index (χ0) is 27.2. The Morgan fingerprint density at radius 2 is 1.38 bits per heavy atom. The minimum atomic E-state index is -4.41. The minimum Gasteiger partial charge on any atom is -0.366 e. The van der Waals surface area contributed by atoms with Gasteiger partial charge in [-0.15, -0.1) is 0 Å². The fourth-order valence-electron chi connectivity index (χ4n) is 4.38. The first-order valence-corrected chi connectivity index (χ1v) is 14.5. The van der Waals surface area contributed by atoms with E-state index in [-0.39, 0.29) is 16.3 Å². The molecule has 0 saturated heterocycles. The first-order chi connectivity index (χ1) is 18.7. The number of rotatable bonds is 5. The maximum atomic E-state index is 13.8. The quantitative estimate of drug-likeness (QED) is 0.181. The van der Waals surface area contributed by atoms with Gasteiger partial charge in [0, 0.05) is 10.8 Å². The van der Waals surface area contributed by atoms with Gasteiger partial charge in [-0.25, -0.2) is 13.9 Å². The molecule has 4 aromatic carbocycles. The Bertz CT molecular complexity index is 2120. The summed E-state index contributed by atoms with van der Waals surface area (Å²) in [6.07, 6.45) is 0. The van der Waals surface area contributed by atoms with E-state index in [1.54, 1.807) is 60.7 Å². The average molecular weight is 558 g/mol.